The van der Waals surface area contributed by atoms with Gasteiger partial charge in [0.25, 0.3) is 0 Å². The van der Waals surface area contributed by atoms with E-state index >= 15 is 0 Å². The van der Waals surface area contributed by atoms with Crippen LogP contribution in [-0.4, -0.2) is 38.3 Å². The van der Waals surface area contributed by atoms with Crippen LogP contribution in [0.5, 0.6) is 0 Å². The van der Waals surface area contributed by atoms with Gasteiger partial charge in [0.2, 0.25) is 5.91 Å². The van der Waals surface area contributed by atoms with Gasteiger partial charge < -0.3 is 9.88 Å². The SMILES string of the molecule is CCN1C(=O)C=C[C@]2(C)C3CC[C@]4(C)[C@@H](Cc5nc6ncccc6[nH]5)CC[C@H]4C3CC[C@@H]12. The van der Waals surface area contributed by atoms with Gasteiger partial charge in [-0.3, -0.25) is 4.79 Å². The highest BCUT2D eigenvalue weighted by Crippen LogP contribution is 2.65. The first-order valence-electron chi connectivity index (χ1n) is 12.7. The number of imidazole rings is 1. The highest BCUT2D eigenvalue weighted by Gasteiger charge is 2.60. The van der Waals surface area contributed by atoms with E-state index in [1.165, 1.54) is 32.1 Å². The number of carbonyl (C=O) groups excluding carboxylic acids is 1. The van der Waals surface area contributed by atoms with Crippen molar-refractivity contribution >= 4 is 17.1 Å². The summed E-state index contributed by atoms with van der Waals surface area (Å²) in [6.45, 7) is 8.00. The Kier molecular flexibility index (Phi) is 4.58. The lowest BCUT2D eigenvalue weighted by Gasteiger charge is -2.60. The number of hydrogen-bond acceptors (Lipinski definition) is 3. The molecule has 0 bridgehead atoms. The van der Waals surface area contributed by atoms with Crippen LogP contribution in [0.25, 0.3) is 11.2 Å². The molecule has 1 amide bonds. The number of H-pyrrole nitrogens is 1. The molecule has 4 aliphatic rings. The second-order valence-electron chi connectivity index (χ2n) is 11.4. The molecule has 3 saturated carbocycles. The molecule has 3 aliphatic carbocycles. The van der Waals surface area contributed by atoms with Crippen molar-refractivity contribution in [3.63, 3.8) is 0 Å². The van der Waals surface area contributed by atoms with E-state index < -0.39 is 0 Å². The van der Waals surface area contributed by atoms with Crippen LogP contribution in [0.3, 0.4) is 0 Å². The molecule has 2 aromatic heterocycles. The van der Waals surface area contributed by atoms with Gasteiger partial charge in [-0.1, -0.05) is 19.9 Å². The number of aromatic nitrogens is 3. The van der Waals surface area contributed by atoms with Crippen molar-refractivity contribution in [2.24, 2.45) is 34.5 Å². The molecule has 3 heterocycles. The van der Waals surface area contributed by atoms with Gasteiger partial charge >= 0.3 is 0 Å². The van der Waals surface area contributed by atoms with Crippen LogP contribution >= 0.6 is 0 Å². The number of aromatic amines is 1. The Morgan fingerprint density at radius 1 is 1.16 bits per heavy atom. The molecule has 2 aromatic rings. The van der Waals surface area contributed by atoms with Crippen molar-refractivity contribution in [3.05, 3.63) is 36.3 Å². The van der Waals surface area contributed by atoms with Crippen LogP contribution in [0.1, 0.15) is 65.1 Å². The van der Waals surface area contributed by atoms with E-state index in [1.54, 1.807) is 0 Å². The molecule has 0 saturated heterocycles. The molecular formula is C27H36N4O. The van der Waals surface area contributed by atoms with Gasteiger partial charge in [-0.05, 0) is 92.7 Å². The number of pyridine rings is 1. The maximum atomic E-state index is 12.5. The molecular weight excluding hydrogens is 396 g/mol. The predicted molar refractivity (Wildman–Crippen MR) is 126 cm³/mol. The summed E-state index contributed by atoms with van der Waals surface area (Å²) in [5, 5.41) is 0. The van der Waals surface area contributed by atoms with E-state index in [-0.39, 0.29) is 11.3 Å². The van der Waals surface area contributed by atoms with Gasteiger partial charge in [0, 0.05) is 30.6 Å². The van der Waals surface area contributed by atoms with Crippen LogP contribution in [0.15, 0.2) is 30.5 Å². The maximum Gasteiger partial charge on any atom is 0.246 e. The molecule has 0 spiro atoms. The minimum atomic E-state index is 0.136. The Morgan fingerprint density at radius 2 is 2.03 bits per heavy atom. The van der Waals surface area contributed by atoms with E-state index in [0.29, 0.717) is 23.3 Å². The molecule has 170 valence electrons. The lowest BCUT2D eigenvalue weighted by Crippen LogP contribution is -2.60. The number of carbonyl (C=O) groups is 1. The van der Waals surface area contributed by atoms with Gasteiger partial charge in [0.05, 0.1) is 5.52 Å². The fourth-order valence-corrected chi connectivity index (χ4v) is 8.64. The third-order valence-electron chi connectivity index (χ3n) is 10.3. The zero-order chi connectivity index (χ0) is 22.1. The topological polar surface area (TPSA) is 61.9 Å². The van der Waals surface area contributed by atoms with Crippen molar-refractivity contribution < 1.29 is 4.79 Å². The lowest BCUT2D eigenvalue weighted by atomic mass is 9.47. The standard InChI is InChI=1S/C27H36N4O/c1-4-31-22-10-8-18-19-9-7-17(16-23-29-21-6-5-15-28-25(21)30-23)26(19,2)13-11-20(18)27(22,3)14-12-24(31)32/h5-6,12,14-15,17-20,22H,4,7-11,13,16H2,1-3H3,(H,28,29,30)/t17-,18?,19+,20?,22-,26-,27-/m1/s1. The van der Waals surface area contributed by atoms with Crippen molar-refractivity contribution in [3.8, 4) is 0 Å². The number of nitrogens with zero attached hydrogens (tertiary/aromatic N) is 3. The second kappa shape index (κ2) is 7.16. The maximum absolute atomic E-state index is 12.5. The predicted octanol–water partition coefficient (Wildman–Crippen LogP) is 5.15. The van der Waals surface area contributed by atoms with Gasteiger partial charge in [-0.2, -0.15) is 0 Å². The van der Waals surface area contributed by atoms with Crippen molar-refractivity contribution in [1.82, 2.24) is 19.9 Å². The van der Waals surface area contributed by atoms with Crippen molar-refractivity contribution in [2.45, 2.75) is 71.8 Å². The Morgan fingerprint density at radius 3 is 2.84 bits per heavy atom. The van der Waals surface area contributed by atoms with Gasteiger partial charge in [-0.15, -0.1) is 0 Å². The normalized spacial score (nSPS) is 40.9. The second-order valence-corrected chi connectivity index (χ2v) is 11.4. The van der Waals surface area contributed by atoms with Gasteiger partial charge in [0.15, 0.2) is 5.65 Å². The minimum absolute atomic E-state index is 0.136. The molecule has 5 heteroatoms. The quantitative estimate of drug-likeness (QED) is 0.730. The highest BCUT2D eigenvalue weighted by molar-refractivity contribution is 5.89. The number of nitrogens with one attached hydrogen (secondary N) is 1. The molecule has 7 atom stereocenters. The Balaban J connectivity index is 1.26. The number of rotatable bonds is 3. The number of fused-ring (bicyclic) bond motifs is 6. The Hall–Kier alpha value is -2.17. The molecule has 32 heavy (non-hydrogen) atoms. The third kappa shape index (κ3) is 2.78. The summed E-state index contributed by atoms with van der Waals surface area (Å²) in [6.07, 6.45) is 14.7. The first-order valence-corrected chi connectivity index (χ1v) is 12.7. The minimum Gasteiger partial charge on any atom is -0.341 e. The number of likely N-dealkylation sites (N-methyl/N-ethyl adjacent to an activating group) is 1. The summed E-state index contributed by atoms with van der Waals surface area (Å²) < 4.78 is 0. The molecule has 6 rings (SSSR count). The molecule has 5 nitrogen and oxygen atoms in total. The highest BCUT2D eigenvalue weighted by atomic mass is 16.2. The van der Waals surface area contributed by atoms with E-state index in [0.717, 1.165) is 48.2 Å². The van der Waals surface area contributed by atoms with E-state index in [9.17, 15) is 4.79 Å². The lowest BCUT2D eigenvalue weighted by molar-refractivity contribution is -0.141. The smallest absolute Gasteiger partial charge is 0.246 e. The Labute approximate surface area is 191 Å². The van der Waals surface area contributed by atoms with Crippen molar-refractivity contribution in [1.29, 1.82) is 0 Å². The molecule has 1 N–H and O–H groups in total. The third-order valence-corrected chi connectivity index (χ3v) is 10.3. The van der Waals surface area contributed by atoms with Crippen molar-refractivity contribution in [2.75, 3.05) is 6.54 Å². The molecule has 0 aromatic carbocycles. The molecule has 3 fully saturated rings. The first-order chi connectivity index (χ1) is 15.4. The molecule has 0 radical (unpaired) electrons. The van der Waals surface area contributed by atoms with Gasteiger partial charge in [-0.25, -0.2) is 9.97 Å². The van der Waals surface area contributed by atoms with E-state index in [2.05, 4.69) is 47.8 Å². The van der Waals surface area contributed by atoms with Crippen LogP contribution in [0.2, 0.25) is 0 Å². The summed E-state index contributed by atoms with van der Waals surface area (Å²) in [5.74, 6) is 4.30. The summed E-state index contributed by atoms with van der Waals surface area (Å²) in [4.78, 5) is 27.4. The Bertz CT molecular complexity index is 1040. The van der Waals surface area contributed by atoms with E-state index in [1.807, 2.05) is 18.3 Å². The van der Waals surface area contributed by atoms with Crippen LogP contribution in [0, 0.1) is 34.5 Å². The molecule has 1 aliphatic heterocycles. The van der Waals surface area contributed by atoms with Gasteiger partial charge in [0.1, 0.15) is 5.82 Å². The fraction of sp³-hybridized carbons (Fsp3) is 0.667. The van der Waals surface area contributed by atoms with Crippen LogP contribution in [-0.2, 0) is 11.2 Å². The summed E-state index contributed by atoms with van der Waals surface area (Å²) in [6, 6.07) is 4.43. The van der Waals surface area contributed by atoms with Crippen LogP contribution < -0.4 is 0 Å². The summed E-state index contributed by atoms with van der Waals surface area (Å²) in [7, 11) is 0. The molecule has 2 unspecified atom stereocenters. The number of amides is 1. The monoisotopic (exact) mass is 432 g/mol. The van der Waals surface area contributed by atoms with Crippen LogP contribution in [0.4, 0.5) is 0 Å². The zero-order valence-corrected chi connectivity index (χ0v) is 19.7. The fourth-order valence-electron chi connectivity index (χ4n) is 8.64. The largest absolute Gasteiger partial charge is 0.341 e. The van der Waals surface area contributed by atoms with E-state index in [4.69, 9.17) is 4.98 Å². The summed E-state index contributed by atoms with van der Waals surface area (Å²) >= 11 is 0. The number of hydrogen-bond donors (Lipinski definition) is 1. The summed E-state index contributed by atoms with van der Waals surface area (Å²) in [5.41, 5.74) is 2.43. The first kappa shape index (κ1) is 20.4. The zero-order valence-electron chi connectivity index (χ0n) is 19.7. The average molecular weight is 433 g/mol. The average Bonchev–Trinajstić information content (AvgIpc) is 3.35.